The van der Waals surface area contributed by atoms with Gasteiger partial charge >= 0.3 is 0 Å². The van der Waals surface area contributed by atoms with Crippen molar-refractivity contribution >= 4 is 18.9 Å². The number of likely N-dealkylation sites (tertiary alicyclic amines) is 1. The fourth-order valence-electron chi connectivity index (χ4n) is 4.57. The van der Waals surface area contributed by atoms with Crippen LogP contribution in [0, 0.1) is 17.8 Å². The molecular formula is C22H33N3O7. The molecule has 2 heterocycles. The van der Waals surface area contributed by atoms with Gasteiger partial charge in [-0.05, 0) is 63.6 Å². The molecular weight excluding hydrogens is 418 g/mol. The number of nitrogens with one attached hydrogen (secondary N) is 1. The van der Waals surface area contributed by atoms with Gasteiger partial charge in [0.05, 0.1) is 6.10 Å². The van der Waals surface area contributed by atoms with E-state index in [4.69, 9.17) is 24.5 Å². The van der Waals surface area contributed by atoms with Crippen LogP contribution in [0.5, 0.6) is 0 Å². The summed E-state index contributed by atoms with van der Waals surface area (Å²) in [6.07, 6.45) is 4.97. The summed E-state index contributed by atoms with van der Waals surface area (Å²) in [5.41, 5.74) is 0.163. The summed E-state index contributed by atoms with van der Waals surface area (Å²) in [5.74, 6) is 1.72. The van der Waals surface area contributed by atoms with Gasteiger partial charge in [0.15, 0.2) is 0 Å². The first-order valence-corrected chi connectivity index (χ1v) is 10.8. The molecule has 2 saturated carbocycles. The normalized spacial score (nSPS) is 26.2. The Bertz CT molecular complexity index is 803. The molecule has 3 fully saturated rings. The summed E-state index contributed by atoms with van der Waals surface area (Å²) in [4.78, 5) is 47.9. The fraction of sp³-hybridized carbons (Fsp3) is 0.636. The van der Waals surface area contributed by atoms with E-state index < -0.39 is 0 Å². The number of nitrogens with zero attached hydrogens (tertiary/aromatic N) is 2. The zero-order chi connectivity index (χ0) is 23.7. The molecule has 0 radical (unpaired) electrons. The van der Waals surface area contributed by atoms with Crippen LogP contribution in [0.15, 0.2) is 23.0 Å². The number of pyridine rings is 1. The van der Waals surface area contributed by atoms with Crippen LogP contribution in [0.2, 0.25) is 0 Å². The molecule has 0 unspecified atom stereocenters. The molecule has 10 nitrogen and oxygen atoms in total. The SMILES string of the molecule is CN(C)[C@@H]1C[C@@H]2CN(C(=O)c3cccc(=O)[nH]3)C[C@@H]2C[C@H]1OCC1CC1.O=CO.O=CO. The van der Waals surface area contributed by atoms with Crippen molar-refractivity contribution in [2.24, 2.45) is 17.8 Å². The van der Waals surface area contributed by atoms with Gasteiger partial charge in [-0.25, -0.2) is 0 Å². The van der Waals surface area contributed by atoms with Crippen LogP contribution in [0.25, 0.3) is 0 Å². The van der Waals surface area contributed by atoms with E-state index in [-0.39, 0.29) is 30.5 Å². The lowest BCUT2D eigenvalue weighted by molar-refractivity contribution is -0.123. The number of likely N-dealkylation sites (N-methyl/N-ethyl adjacent to an activating group) is 1. The van der Waals surface area contributed by atoms with Crippen LogP contribution in [0.1, 0.15) is 36.2 Å². The minimum absolute atomic E-state index is 0.0612. The second-order valence-corrected chi connectivity index (χ2v) is 8.69. The van der Waals surface area contributed by atoms with Gasteiger partial charge in [-0.1, -0.05) is 6.07 Å². The number of hydrogen-bond acceptors (Lipinski definition) is 6. The van der Waals surface area contributed by atoms with E-state index in [9.17, 15) is 9.59 Å². The number of aromatic amines is 1. The van der Waals surface area contributed by atoms with Crippen molar-refractivity contribution in [1.82, 2.24) is 14.8 Å². The first-order chi connectivity index (χ1) is 15.3. The molecule has 10 heteroatoms. The number of carbonyl (C=O) groups excluding carboxylic acids is 1. The van der Waals surface area contributed by atoms with Crippen molar-refractivity contribution in [3.8, 4) is 0 Å². The molecule has 3 aliphatic rings. The largest absolute Gasteiger partial charge is 0.483 e. The first kappa shape index (κ1) is 25.5. The standard InChI is InChI=1S/C20H29N3O3.2CH2O2/c1-22(2)17-8-14-10-23(20(25)16-4-3-5-19(24)21-16)11-15(14)9-18(17)26-12-13-6-7-13;2*2-1-3/h3-5,13-15,17-18H,6-12H2,1-2H3,(H,21,24);2*1H,(H,2,3)/t14-,15+,17-,18-;;/m1../s1. The summed E-state index contributed by atoms with van der Waals surface area (Å²) in [7, 11) is 4.26. The number of rotatable bonds is 5. The van der Waals surface area contributed by atoms with Crippen molar-refractivity contribution in [3.63, 3.8) is 0 Å². The predicted molar refractivity (Wildman–Crippen MR) is 117 cm³/mol. The zero-order valence-corrected chi connectivity index (χ0v) is 18.6. The number of aromatic nitrogens is 1. The van der Waals surface area contributed by atoms with Gasteiger partial charge in [-0.3, -0.25) is 19.2 Å². The maximum Gasteiger partial charge on any atom is 0.290 e. The summed E-state index contributed by atoms with van der Waals surface area (Å²) in [6.45, 7) is 1.93. The second kappa shape index (κ2) is 12.4. The van der Waals surface area contributed by atoms with E-state index in [1.54, 1.807) is 12.1 Å². The van der Waals surface area contributed by atoms with E-state index in [0.29, 0.717) is 23.6 Å². The van der Waals surface area contributed by atoms with E-state index in [2.05, 4.69) is 24.0 Å². The molecule has 178 valence electrons. The van der Waals surface area contributed by atoms with Crippen LogP contribution in [-0.4, -0.2) is 89.8 Å². The Labute approximate surface area is 187 Å². The zero-order valence-electron chi connectivity index (χ0n) is 18.6. The van der Waals surface area contributed by atoms with Gasteiger partial charge in [0.1, 0.15) is 5.69 Å². The van der Waals surface area contributed by atoms with Crippen molar-refractivity contribution in [3.05, 3.63) is 34.2 Å². The summed E-state index contributed by atoms with van der Waals surface area (Å²) >= 11 is 0. The minimum Gasteiger partial charge on any atom is -0.483 e. The van der Waals surface area contributed by atoms with E-state index >= 15 is 0 Å². The van der Waals surface area contributed by atoms with Crippen molar-refractivity contribution in [1.29, 1.82) is 0 Å². The van der Waals surface area contributed by atoms with E-state index in [1.807, 2.05) is 4.90 Å². The third kappa shape index (κ3) is 7.16. The number of carboxylic acid groups (broad SMARTS) is 2. The molecule has 1 aromatic rings. The fourth-order valence-corrected chi connectivity index (χ4v) is 4.57. The maximum absolute atomic E-state index is 12.8. The van der Waals surface area contributed by atoms with E-state index in [1.165, 1.54) is 18.9 Å². The Balaban J connectivity index is 0.000000547. The average Bonchev–Trinajstić information content (AvgIpc) is 3.49. The third-order valence-corrected chi connectivity index (χ3v) is 6.28. The van der Waals surface area contributed by atoms with Crippen LogP contribution >= 0.6 is 0 Å². The smallest absolute Gasteiger partial charge is 0.290 e. The van der Waals surface area contributed by atoms with Gasteiger partial charge in [0.25, 0.3) is 18.9 Å². The molecule has 3 N–H and O–H groups in total. The Morgan fingerprint density at radius 2 is 1.75 bits per heavy atom. The minimum atomic E-state index is -0.250. The lowest BCUT2D eigenvalue weighted by Crippen LogP contribution is -2.48. The molecule has 1 amide bonds. The Morgan fingerprint density at radius 3 is 2.28 bits per heavy atom. The highest BCUT2D eigenvalue weighted by Crippen LogP contribution is 2.40. The first-order valence-electron chi connectivity index (χ1n) is 10.8. The Morgan fingerprint density at radius 1 is 1.16 bits per heavy atom. The number of H-pyrrole nitrogens is 1. The topological polar surface area (TPSA) is 140 Å². The molecule has 0 spiro atoms. The molecule has 1 saturated heterocycles. The highest BCUT2D eigenvalue weighted by molar-refractivity contribution is 5.92. The molecule has 4 atom stereocenters. The van der Waals surface area contributed by atoms with Crippen molar-refractivity contribution < 1.29 is 29.3 Å². The van der Waals surface area contributed by atoms with Gasteiger partial charge < -0.3 is 29.7 Å². The second-order valence-electron chi connectivity index (χ2n) is 8.69. The van der Waals surface area contributed by atoms with Gasteiger partial charge in [-0.2, -0.15) is 0 Å². The van der Waals surface area contributed by atoms with Crippen molar-refractivity contribution in [2.45, 2.75) is 37.8 Å². The lowest BCUT2D eigenvalue weighted by Gasteiger charge is -2.41. The number of carbonyl (C=O) groups is 3. The highest BCUT2D eigenvalue weighted by atomic mass is 16.5. The van der Waals surface area contributed by atoms with Crippen LogP contribution < -0.4 is 5.56 Å². The molecule has 2 aliphatic carbocycles. The Hall–Kier alpha value is -2.72. The molecule has 1 aromatic heterocycles. The third-order valence-electron chi connectivity index (χ3n) is 6.28. The average molecular weight is 452 g/mol. The van der Waals surface area contributed by atoms with Crippen molar-refractivity contribution in [2.75, 3.05) is 33.8 Å². The predicted octanol–water partition coefficient (Wildman–Crippen LogP) is 0.984. The van der Waals surface area contributed by atoms with Crippen LogP contribution in [-0.2, 0) is 14.3 Å². The van der Waals surface area contributed by atoms with Crippen LogP contribution in [0.3, 0.4) is 0 Å². The van der Waals surface area contributed by atoms with Gasteiger partial charge in [-0.15, -0.1) is 0 Å². The highest BCUT2D eigenvalue weighted by Gasteiger charge is 2.45. The number of amides is 1. The van der Waals surface area contributed by atoms with E-state index in [0.717, 1.165) is 38.5 Å². The number of fused-ring (bicyclic) bond motifs is 1. The monoisotopic (exact) mass is 451 g/mol. The van der Waals surface area contributed by atoms with Gasteiger partial charge in [0.2, 0.25) is 5.56 Å². The van der Waals surface area contributed by atoms with Gasteiger partial charge in [0, 0.05) is 31.8 Å². The molecule has 1 aliphatic heterocycles. The molecule has 0 bridgehead atoms. The molecule has 0 aromatic carbocycles. The summed E-state index contributed by atoms with van der Waals surface area (Å²) in [5, 5.41) is 13.8. The summed E-state index contributed by atoms with van der Waals surface area (Å²) in [6, 6.07) is 5.18. The quantitative estimate of drug-likeness (QED) is 0.563. The Kier molecular flexibility index (Phi) is 9.86. The maximum atomic E-state index is 12.8. The molecule has 4 rings (SSSR count). The number of ether oxygens (including phenoxy) is 1. The number of hydrogen-bond donors (Lipinski definition) is 3. The lowest BCUT2D eigenvalue weighted by atomic mass is 9.77. The molecule has 32 heavy (non-hydrogen) atoms. The summed E-state index contributed by atoms with van der Waals surface area (Å²) < 4.78 is 6.29. The van der Waals surface area contributed by atoms with Crippen LogP contribution in [0.4, 0.5) is 0 Å².